The molecule has 0 N–H and O–H groups in total. The molecule has 8 heteroatoms. The number of benzene rings is 2. The van der Waals surface area contributed by atoms with Gasteiger partial charge in [-0.25, -0.2) is 0 Å². The summed E-state index contributed by atoms with van der Waals surface area (Å²) in [5.41, 5.74) is -0.522. The van der Waals surface area contributed by atoms with Crippen molar-refractivity contribution in [3.05, 3.63) is 63.7 Å². The summed E-state index contributed by atoms with van der Waals surface area (Å²) in [5, 5.41) is 10.7. The molecule has 116 valence electrons. The Balaban J connectivity index is 2.32. The van der Waals surface area contributed by atoms with Crippen molar-refractivity contribution in [3.8, 4) is 0 Å². The molecule has 2 rings (SSSR count). The minimum atomic E-state index is -4.46. The molecule has 0 saturated heterocycles. The van der Waals surface area contributed by atoms with Gasteiger partial charge in [0.05, 0.1) is 10.5 Å². The lowest BCUT2D eigenvalue weighted by atomic mass is 10.2. The maximum absolute atomic E-state index is 12.5. The van der Waals surface area contributed by atoms with E-state index >= 15 is 0 Å². The quantitative estimate of drug-likeness (QED) is 0.484. The van der Waals surface area contributed by atoms with E-state index < -0.39 is 27.8 Å². The van der Waals surface area contributed by atoms with Crippen LogP contribution in [0.25, 0.3) is 0 Å². The Kier molecular flexibility index (Phi) is 4.43. The molecule has 2 aromatic rings. The molecule has 0 aliphatic rings. The van der Waals surface area contributed by atoms with Crippen LogP contribution in [0.4, 0.5) is 18.9 Å². The molecule has 22 heavy (non-hydrogen) atoms. The first-order valence-corrected chi connectivity index (χ1v) is 7.19. The number of halogens is 3. The SMILES string of the molecule is Cc1cc([N+](=O)[O-])ccc1[S+]([O-])c1ccc(C(F)(F)F)cc1. The van der Waals surface area contributed by atoms with Gasteiger partial charge in [-0.3, -0.25) is 10.1 Å². The summed E-state index contributed by atoms with van der Waals surface area (Å²) in [5.74, 6) is 0. The van der Waals surface area contributed by atoms with E-state index in [0.717, 1.165) is 24.3 Å². The average Bonchev–Trinajstić information content (AvgIpc) is 2.45. The smallest absolute Gasteiger partial charge is 0.416 e. The number of hydrogen-bond acceptors (Lipinski definition) is 3. The first-order chi connectivity index (χ1) is 10.2. The van der Waals surface area contributed by atoms with Crippen LogP contribution in [0.15, 0.2) is 52.3 Å². The Labute approximate surface area is 126 Å². The average molecular weight is 329 g/mol. The zero-order chi connectivity index (χ0) is 16.5. The van der Waals surface area contributed by atoms with Gasteiger partial charge >= 0.3 is 6.18 Å². The fourth-order valence-electron chi connectivity index (χ4n) is 1.85. The highest BCUT2D eigenvalue weighted by molar-refractivity contribution is 7.91. The maximum atomic E-state index is 12.5. The van der Waals surface area contributed by atoms with Crippen LogP contribution in [-0.4, -0.2) is 9.48 Å². The topological polar surface area (TPSA) is 66.2 Å². The van der Waals surface area contributed by atoms with Crippen molar-refractivity contribution in [3.63, 3.8) is 0 Å². The Bertz CT molecular complexity index is 701. The minimum absolute atomic E-state index is 0.134. The third kappa shape index (κ3) is 3.40. The summed E-state index contributed by atoms with van der Waals surface area (Å²) >= 11 is -1.70. The summed E-state index contributed by atoms with van der Waals surface area (Å²) in [6, 6.07) is 7.82. The highest BCUT2D eigenvalue weighted by atomic mass is 32.2. The van der Waals surface area contributed by atoms with Crippen molar-refractivity contribution < 1.29 is 22.6 Å². The number of aryl methyl sites for hydroxylation is 1. The molecule has 4 nitrogen and oxygen atoms in total. The largest absolute Gasteiger partial charge is 0.606 e. The molecule has 0 aromatic heterocycles. The molecule has 0 spiro atoms. The number of nitro groups is 1. The molecule has 0 fully saturated rings. The monoisotopic (exact) mass is 329 g/mol. The number of rotatable bonds is 3. The summed E-state index contributed by atoms with van der Waals surface area (Å²) < 4.78 is 49.8. The van der Waals surface area contributed by atoms with Gasteiger partial charge in [-0.15, -0.1) is 0 Å². The summed E-state index contributed by atoms with van der Waals surface area (Å²) in [7, 11) is 0. The normalized spacial score (nSPS) is 13.0. The highest BCUT2D eigenvalue weighted by Crippen LogP contribution is 2.31. The standard InChI is InChI=1S/C14H10F3NO3S/c1-9-8-11(18(19)20)4-7-13(9)22(21)12-5-2-10(3-6-12)14(15,16)17/h2-8H,1H3. The van der Waals surface area contributed by atoms with Crippen LogP contribution in [0, 0.1) is 17.0 Å². The van der Waals surface area contributed by atoms with E-state index in [4.69, 9.17) is 0 Å². The maximum Gasteiger partial charge on any atom is 0.416 e. The summed E-state index contributed by atoms with van der Waals surface area (Å²) in [6.45, 7) is 1.56. The lowest BCUT2D eigenvalue weighted by molar-refractivity contribution is -0.385. The summed E-state index contributed by atoms with van der Waals surface area (Å²) in [6.07, 6.45) is -4.46. The fourth-order valence-corrected chi connectivity index (χ4v) is 3.03. The molecule has 1 atom stereocenters. The Hall–Kier alpha value is -2.06. The van der Waals surface area contributed by atoms with Crippen LogP contribution in [-0.2, 0) is 17.4 Å². The van der Waals surface area contributed by atoms with Crippen molar-refractivity contribution >= 4 is 16.9 Å². The van der Waals surface area contributed by atoms with Crippen LogP contribution in [0.2, 0.25) is 0 Å². The molecule has 0 bridgehead atoms. The molecule has 0 radical (unpaired) electrons. The minimum Gasteiger partial charge on any atom is -0.606 e. The van der Waals surface area contributed by atoms with Gasteiger partial charge in [0.1, 0.15) is 0 Å². The summed E-state index contributed by atoms with van der Waals surface area (Å²) in [4.78, 5) is 10.6. The highest BCUT2D eigenvalue weighted by Gasteiger charge is 2.31. The fraction of sp³-hybridized carbons (Fsp3) is 0.143. The van der Waals surface area contributed by atoms with Crippen LogP contribution in [0.5, 0.6) is 0 Å². The van der Waals surface area contributed by atoms with Gasteiger partial charge in [-0.05, 0) is 31.2 Å². The van der Waals surface area contributed by atoms with Gasteiger partial charge in [0.25, 0.3) is 5.69 Å². The Morgan fingerprint density at radius 1 is 1.09 bits per heavy atom. The van der Waals surface area contributed by atoms with Crippen molar-refractivity contribution in [2.24, 2.45) is 0 Å². The van der Waals surface area contributed by atoms with E-state index in [1.807, 2.05) is 0 Å². The lowest BCUT2D eigenvalue weighted by Crippen LogP contribution is -2.07. The molecule has 0 amide bonds. The van der Waals surface area contributed by atoms with Crippen molar-refractivity contribution in [1.29, 1.82) is 0 Å². The Morgan fingerprint density at radius 3 is 2.14 bits per heavy atom. The van der Waals surface area contributed by atoms with Crippen LogP contribution >= 0.6 is 0 Å². The van der Waals surface area contributed by atoms with Crippen LogP contribution in [0.3, 0.4) is 0 Å². The van der Waals surface area contributed by atoms with Crippen molar-refractivity contribution in [2.45, 2.75) is 22.9 Å². The van der Waals surface area contributed by atoms with E-state index in [-0.39, 0.29) is 10.6 Å². The number of nitro benzene ring substituents is 1. The number of hydrogen-bond donors (Lipinski definition) is 0. The molecule has 0 saturated carbocycles. The Morgan fingerprint density at radius 2 is 1.68 bits per heavy atom. The third-order valence-electron chi connectivity index (χ3n) is 2.96. The van der Waals surface area contributed by atoms with Gasteiger partial charge in [-0.1, -0.05) is 0 Å². The predicted molar refractivity (Wildman–Crippen MR) is 74.0 cm³/mol. The zero-order valence-electron chi connectivity index (χ0n) is 11.3. The predicted octanol–water partition coefficient (Wildman–Crippen LogP) is 4.09. The van der Waals surface area contributed by atoms with Crippen LogP contribution in [0.1, 0.15) is 11.1 Å². The number of alkyl halides is 3. The van der Waals surface area contributed by atoms with Gasteiger partial charge in [0, 0.05) is 34.9 Å². The second kappa shape index (κ2) is 5.98. The van der Waals surface area contributed by atoms with E-state index in [2.05, 4.69) is 0 Å². The van der Waals surface area contributed by atoms with Crippen molar-refractivity contribution in [1.82, 2.24) is 0 Å². The molecule has 0 aliphatic heterocycles. The first kappa shape index (κ1) is 16.3. The van der Waals surface area contributed by atoms with Gasteiger partial charge in [0.15, 0.2) is 9.79 Å². The molecule has 1 unspecified atom stereocenters. The molecule has 0 aliphatic carbocycles. The molecule has 0 heterocycles. The number of nitrogens with zero attached hydrogens (tertiary/aromatic N) is 1. The zero-order valence-corrected chi connectivity index (χ0v) is 12.1. The first-order valence-electron chi connectivity index (χ1n) is 6.04. The second-order valence-electron chi connectivity index (χ2n) is 4.50. The molecular weight excluding hydrogens is 319 g/mol. The van der Waals surface area contributed by atoms with Crippen molar-refractivity contribution in [2.75, 3.05) is 0 Å². The molecule has 2 aromatic carbocycles. The second-order valence-corrected chi connectivity index (χ2v) is 5.95. The van der Waals surface area contributed by atoms with E-state index in [9.17, 15) is 27.8 Å². The van der Waals surface area contributed by atoms with E-state index in [1.165, 1.54) is 18.2 Å². The van der Waals surface area contributed by atoms with Crippen LogP contribution < -0.4 is 0 Å². The molecular formula is C14H10F3NO3S. The van der Waals surface area contributed by atoms with E-state index in [0.29, 0.717) is 10.5 Å². The third-order valence-corrected chi connectivity index (χ3v) is 4.52. The van der Waals surface area contributed by atoms with Gasteiger partial charge in [0.2, 0.25) is 0 Å². The van der Waals surface area contributed by atoms with E-state index in [1.54, 1.807) is 6.92 Å². The van der Waals surface area contributed by atoms with Gasteiger partial charge < -0.3 is 4.55 Å². The number of non-ortho nitro benzene ring substituents is 1. The lowest BCUT2D eigenvalue weighted by Gasteiger charge is -2.13. The van der Waals surface area contributed by atoms with Gasteiger partial charge in [-0.2, -0.15) is 13.2 Å².